The lowest BCUT2D eigenvalue weighted by atomic mass is 9.96. The van der Waals surface area contributed by atoms with Gasteiger partial charge < -0.3 is 20.1 Å². The molecule has 1 saturated carbocycles. The molecular weight excluding hydrogens is 268 g/mol. The molecule has 0 bridgehead atoms. The Morgan fingerprint density at radius 2 is 1.90 bits per heavy atom. The van der Waals surface area contributed by atoms with E-state index in [-0.39, 0.29) is 11.6 Å². The fourth-order valence-electron chi connectivity index (χ4n) is 2.76. The van der Waals surface area contributed by atoms with Gasteiger partial charge in [0.2, 0.25) is 0 Å². The SMILES string of the molecule is COCC(C)CNC1(CNC(=O)OC(C)(C)C)CCCC1. The van der Waals surface area contributed by atoms with E-state index >= 15 is 0 Å². The number of alkyl carbamates (subject to hydrolysis) is 1. The summed E-state index contributed by atoms with van der Waals surface area (Å²) >= 11 is 0. The Morgan fingerprint density at radius 3 is 2.43 bits per heavy atom. The normalized spacial score (nSPS) is 19.3. The van der Waals surface area contributed by atoms with E-state index in [1.54, 1.807) is 7.11 Å². The highest BCUT2D eigenvalue weighted by Crippen LogP contribution is 2.29. The molecule has 1 aliphatic rings. The third-order valence-electron chi connectivity index (χ3n) is 3.81. The monoisotopic (exact) mass is 300 g/mol. The van der Waals surface area contributed by atoms with Crippen molar-refractivity contribution >= 4 is 6.09 Å². The van der Waals surface area contributed by atoms with Crippen LogP contribution in [0, 0.1) is 5.92 Å². The molecule has 1 fully saturated rings. The van der Waals surface area contributed by atoms with Crippen molar-refractivity contribution in [3.05, 3.63) is 0 Å². The van der Waals surface area contributed by atoms with Crippen LogP contribution in [0.5, 0.6) is 0 Å². The average Bonchev–Trinajstić information content (AvgIpc) is 2.82. The molecule has 2 N–H and O–H groups in total. The molecule has 0 radical (unpaired) electrons. The van der Waals surface area contributed by atoms with Gasteiger partial charge in [-0.25, -0.2) is 4.79 Å². The minimum absolute atomic E-state index is 0.0128. The maximum absolute atomic E-state index is 11.8. The number of hydrogen-bond donors (Lipinski definition) is 2. The van der Waals surface area contributed by atoms with Crippen LogP contribution < -0.4 is 10.6 Å². The zero-order valence-corrected chi connectivity index (χ0v) is 14.3. The Balaban J connectivity index is 2.43. The topological polar surface area (TPSA) is 59.6 Å². The number of amides is 1. The van der Waals surface area contributed by atoms with Gasteiger partial charge in [-0.2, -0.15) is 0 Å². The molecule has 1 atom stereocenters. The summed E-state index contributed by atoms with van der Waals surface area (Å²) in [7, 11) is 1.73. The lowest BCUT2D eigenvalue weighted by Crippen LogP contribution is -2.53. The molecule has 124 valence electrons. The Kier molecular flexibility index (Phi) is 6.94. The van der Waals surface area contributed by atoms with E-state index in [9.17, 15) is 4.79 Å². The first-order valence-electron chi connectivity index (χ1n) is 7.97. The van der Waals surface area contributed by atoms with Gasteiger partial charge in [0.05, 0.1) is 0 Å². The summed E-state index contributed by atoms with van der Waals surface area (Å²) in [6.45, 7) is 10.1. The molecule has 1 rings (SSSR count). The van der Waals surface area contributed by atoms with Gasteiger partial charge in [-0.15, -0.1) is 0 Å². The van der Waals surface area contributed by atoms with Crippen LogP contribution in [0.25, 0.3) is 0 Å². The molecule has 0 aromatic rings. The number of methoxy groups -OCH3 is 1. The molecule has 0 aromatic carbocycles. The number of rotatable bonds is 7. The Labute approximate surface area is 129 Å². The number of ether oxygens (including phenoxy) is 2. The maximum Gasteiger partial charge on any atom is 0.407 e. The quantitative estimate of drug-likeness (QED) is 0.759. The highest BCUT2D eigenvalue weighted by molar-refractivity contribution is 5.67. The van der Waals surface area contributed by atoms with Crippen LogP contribution in [0.4, 0.5) is 4.79 Å². The van der Waals surface area contributed by atoms with Gasteiger partial charge in [0.25, 0.3) is 0 Å². The fraction of sp³-hybridized carbons (Fsp3) is 0.938. The summed E-state index contributed by atoms with van der Waals surface area (Å²) in [6, 6.07) is 0. The van der Waals surface area contributed by atoms with Gasteiger partial charge in [0, 0.05) is 32.3 Å². The molecule has 5 nitrogen and oxygen atoms in total. The van der Waals surface area contributed by atoms with Gasteiger partial charge >= 0.3 is 6.09 Å². The first-order chi connectivity index (χ1) is 9.76. The van der Waals surface area contributed by atoms with Crippen molar-refractivity contribution < 1.29 is 14.3 Å². The van der Waals surface area contributed by atoms with Crippen LogP contribution in [0.3, 0.4) is 0 Å². The van der Waals surface area contributed by atoms with Gasteiger partial charge in [0.1, 0.15) is 5.60 Å². The number of nitrogens with one attached hydrogen (secondary N) is 2. The molecule has 0 aliphatic heterocycles. The van der Waals surface area contributed by atoms with Crippen LogP contribution in [0.2, 0.25) is 0 Å². The second kappa shape index (κ2) is 7.99. The Bertz CT molecular complexity index is 320. The van der Waals surface area contributed by atoms with E-state index in [0.717, 1.165) is 26.0 Å². The molecule has 0 spiro atoms. The van der Waals surface area contributed by atoms with Crippen LogP contribution in [0.15, 0.2) is 0 Å². The van der Waals surface area contributed by atoms with E-state index < -0.39 is 5.60 Å². The van der Waals surface area contributed by atoms with Crippen LogP contribution in [-0.2, 0) is 9.47 Å². The highest BCUT2D eigenvalue weighted by Gasteiger charge is 2.34. The smallest absolute Gasteiger partial charge is 0.407 e. The summed E-state index contributed by atoms with van der Waals surface area (Å²) in [4.78, 5) is 11.8. The van der Waals surface area contributed by atoms with Gasteiger partial charge in [-0.3, -0.25) is 0 Å². The van der Waals surface area contributed by atoms with E-state index in [0.29, 0.717) is 12.5 Å². The average molecular weight is 300 g/mol. The first kappa shape index (κ1) is 18.2. The lowest BCUT2D eigenvalue weighted by molar-refractivity contribution is 0.0508. The molecule has 1 amide bonds. The summed E-state index contributed by atoms with van der Waals surface area (Å²) < 4.78 is 10.5. The van der Waals surface area contributed by atoms with Crippen molar-refractivity contribution in [2.24, 2.45) is 5.92 Å². The number of carbonyl (C=O) groups is 1. The summed E-state index contributed by atoms with van der Waals surface area (Å²) in [5.41, 5.74) is -0.438. The van der Waals surface area contributed by atoms with Crippen molar-refractivity contribution in [2.45, 2.75) is 64.5 Å². The molecule has 1 unspecified atom stereocenters. The van der Waals surface area contributed by atoms with Crippen molar-refractivity contribution in [1.29, 1.82) is 0 Å². The van der Waals surface area contributed by atoms with Crippen molar-refractivity contribution in [2.75, 3.05) is 26.8 Å². The van der Waals surface area contributed by atoms with Crippen molar-refractivity contribution in [3.63, 3.8) is 0 Å². The van der Waals surface area contributed by atoms with Gasteiger partial charge in [0.15, 0.2) is 0 Å². The Hall–Kier alpha value is -0.810. The van der Waals surface area contributed by atoms with Gasteiger partial charge in [-0.1, -0.05) is 19.8 Å². The minimum Gasteiger partial charge on any atom is -0.444 e. The number of hydrogen-bond acceptors (Lipinski definition) is 4. The van der Waals surface area contributed by atoms with Crippen LogP contribution >= 0.6 is 0 Å². The largest absolute Gasteiger partial charge is 0.444 e. The molecule has 21 heavy (non-hydrogen) atoms. The van der Waals surface area contributed by atoms with E-state index in [4.69, 9.17) is 9.47 Å². The molecule has 0 aromatic heterocycles. The number of carbonyl (C=O) groups excluding carboxylic acids is 1. The standard InChI is InChI=1S/C16H32N2O3/c1-13(11-20-5)10-18-16(8-6-7-9-16)12-17-14(19)21-15(2,3)4/h13,18H,6-12H2,1-5H3,(H,17,19). The van der Waals surface area contributed by atoms with Crippen LogP contribution in [0.1, 0.15) is 53.4 Å². The third-order valence-corrected chi connectivity index (χ3v) is 3.81. The first-order valence-corrected chi connectivity index (χ1v) is 7.97. The molecule has 5 heteroatoms. The minimum atomic E-state index is -0.451. The zero-order valence-electron chi connectivity index (χ0n) is 14.3. The van der Waals surface area contributed by atoms with Crippen molar-refractivity contribution in [3.8, 4) is 0 Å². The predicted octanol–water partition coefficient (Wildman–Crippen LogP) is 2.70. The lowest BCUT2D eigenvalue weighted by Gasteiger charge is -2.32. The summed E-state index contributed by atoms with van der Waals surface area (Å²) in [5.74, 6) is 0.467. The van der Waals surface area contributed by atoms with E-state index in [1.807, 2.05) is 20.8 Å². The molecule has 1 aliphatic carbocycles. The second-order valence-electron chi connectivity index (χ2n) is 7.28. The molecular formula is C16H32N2O3. The molecule has 0 heterocycles. The Morgan fingerprint density at radius 1 is 1.29 bits per heavy atom. The van der Waals surface area contributed by atoms with Crippen LogP contribution in [-0.4, -0.2) is 44.0 Å². The highest BCUT2D eigenvalue weighted by atomic mass is 16.6. The third kappa shape index (κ3) is 7.14. The summed E-state index contributed by atoms with van der Waals surface area (Å²) in [6.07, 6.45) is 4.29. The fourth-order valence-corrected chi connectivity index (χ4v) is 2.76. The van der Waals surface area contributed by atoms with Gasteiger partial charge in [-0.05, 0) is 39.5 Å². The van der Waals surface area contributed by atoms with E-state index in [1.165, 1.54) is 12.8 Å². The van der Waals surface area contributed by atoms with Crippen molar-refractivity contribution in [1.82, 2.24) is 10.6 Å². The summed E-state index contributed by atoms with van der Waals surface area (Å²) in [5, 5.41) is 6.57. The molecule has 0 saturated heterocycles. The maximum atomic E-state index is 11.8. The predicted molar refractivity (Wildman–Crippen MR) is 84.5 cm³/mol. The van der Waals surface area contributed by atoms with E-state index in [2.05, 4.69) is 17.6 Å². The second-order valence-corrected chi connectivity index (χ2v) is 7.28. The zero-order chi connectivity index (χ0) is 15.9.